The van der Waals surface area contributed by atoms with Crippen LogP contribution in [0.1, 0.15) is 43.5 Å². The maximum atomic E-state index is 5.70. The second kappa shape index (κ2) is 8.85. The van der Waals surface area contributed by atoms with Crippen molar-refractivity contribution in [2.24, 2.45) is 0 Å². The van der Waals surface area contributed by atoms with E-state index >= 15 is 0 Å². The third-order valence-corrected chi connectivity index (χ3v) is 5.43. The molecule has 0 saturated carbocycles. The Bertz CT molecular complexity index is 1250. The second-order valence-electron chi connectivity index (χ2n) is 7.70. The van der Waals surface area contributed by atoms with Crippen LogP contribution in [0.4, 0.5) is 17.6 Å². The van der Waals surface area contributed by atoms with E-state index in [-0.39, 0.29) is 6.04 Å². The van der Waals surface area contributed by atoms with E-state index in [1.54, 1.807) is 18.5 Å². The Morgan fingerprint density at radius 1 is 1.15 bits per heavy atom. The average Bonchev–Trinajstić information content (AvgIpc) is 3.42. The average molecular weight is 448 g/mol. The van der Waals surface area contributed by atoms with Gasteiger partial charge in [0.1, 0.15) is 17.2 Å². The summed E-state index contributed by atoms with van der Waals surface area (Å²) < 4.78 is 11.4. The maximum absolute atomic E-state index is 5.70. The number of rotatable bonds is 8. The summed E-state index contributed by atoms with van der Waals surface area (Å²) in [6.07, 6.45) is 5.03. The van der Waals surface area contributed by atoms with Crippen molar-refractivity contribution < 1.29 is 9.26 Å². The number of hydrogen-bond acceptors (Lipinski definition) is 10. The Labute approximate surface area is 190 Å². The molecular weight excluding hydrogens is 422 g/mol. The summed E-state index contributed by atoms with van der Waals surface area (Å²) in [6, 6.07) is 5.57. The van der Waals surface area contributed by atoms with Crippen LogP contribution >= 0.6 is 0 Å². The first-order valence-electron chi connectivity index (χ1n) is 11.0. The molecule has 0 aliphatic carbocycles. The number of aromatic nitrogens is 7. The SMILES string of the molecule is CCOc1cc(Nc2cc(C)[nH]n2)nc(N2CCC2c2cc(-c3nccnc3CC)no2)n1. The van der Waals surface area contributed by atoms with Gasteiger partial charge in [-0.3, -0.25) is 15.1 Å². The summed E-state index contributed by atoms with van der Waals surface area (Å²) in [7, 11) is 0. The summed E-state index contributed by atoms with van der Waals surface area (Å²) >= 11 is 0. The van der Waals surface area contributed by atoms with Crippen molar-refractivity contribution >= 4 is 17.6 Å². The van der Waals surface area contributed by atoms with Crippen LogP contribution in [0.25, 0.3) is 11.4 Å². The van der Waals surface area contributed by atoms with Crippen molar-refractivity contribution in [1.29, 1.82) is 0 Å². The quantitative estimate of drug-likeness (QED) is 0.413. The number of H-pyrrole nitrogens is 1. The monoisotopic (exact) mass is 447 g/mol. The van der Waals surface area contributed by atoms with Crippen LogP contribution in [-0.4, -0.2) is 48.4 Å². The topological polar surface area (TPSA) is 131 Å². The summed E-state index contributed by atoms with van der Waals surface area (Å²) in [6.45, 7) is 7.20. The number of ether oxygens (including phenoxy) is 1. The van der Waals surface area contributed by atoms with Gasteiger partial charge >= 0.3 is 0 Å². The minimum absolute atomic E-state index is 0.0228. The number of anilines is 3. The first kappa shape index (κ1) is 20.9. The van der Waals surface area contributed by atoms with Crippen molar-refractivity contribution in [3.05, 3.63) is 47.7 Å². The number of nitrogens with one attached hydrogen (secondary N) is 2. The van der Waals surface area contributed by atoms with Crippen LogP contribution in [0.2, 0.25) is 0 Å². The first-order chi connectivity index (χ1) is 16.1. The fourth-order valence-electron chi connectivity index (χ4n) is 3.76. The van der Waals surface area contributed by atoms with Gasteiger partial charge in [0.05, 0.1) is 18.3 Å². The number of aryl methyl sites for hydroxylation is 2. The Hall–Kier alpha value is -4.02. The van der Waals surface area contributed by atoms with Gasteiger partial charge in [0.2, 0.25) is 11.8 Å². The molecule has 0 radical (unpaired) electrons. The van der Waals surface area contributed by atoms with Crippen molar-refractivity contribution in [1.82, 2.24) is 35.3 Å². The van der Waals surface area contributed by atoms with Crippen molar-refractivity contribution in [2.75, 3.05) is 23.4 Å². The fraction of sp³-hybridized carbons (Fsp3) is 0.364. The van der Waals surface area contributed by atoms with Crippen LogP contribution in [-0.2, 0) is 6.42 Å². The van der Waals surface area contributed by atoms with E-state index in [4.69, 9.17) is 14.2 Å². The third kappa shape index (κ3) is 4.21. The molecule has 1 fully saturated rings. The highest BCUT2D eigenvalue weighted by atomic mass is 16.5. The van der Waals surface area contributed by atoms with E-state index in [1.165, 1.54) is 0 Å². The molecule has 5 heterocycles. The van der Waals surface area contributed by atoms with E-state index < -0.39 is 0 Å². The third-order valence-electron chi connectivity index (χ3n) is 5.43. The fourth-order valence-corrected chi connectivity index (χ4v) is 3.76. The minimum atomic E-state index is -0.0228. The van der Waals surface area contributed by atoms with Crippen LogP contribution < -0.4 is 15.0 Å². The second-order valence-corrected chi connectivity index (χ2v) is 7.70. The molecule has 1 saturated heterocycles. The molecule has 2 N–H and O–H groups in total. The molecule has 1 atom stereocenters. The van der Waals surface area contributed by atoms with E-state index in [2.05, 4.69) is 40.5 Å². The molecule has 33 heavy (non-hydrogen) atoms. The van der Waals surface area contributed by atoms with Crippen LogP contribution in [0.15, 0.2) is 35.1 Å². The lowest BCUT2D eigenvalue weighted by Crippen LogP contribution is -2.42. The largest absolute Gasteiger partial charge is 0.478 e. The summed E-state index contributed by atoms with van der Waals surface area (Å²) in [5.74, 6) is 3.07. The molecule has 4 aromatic heterocycles. The molecule has 0 amide bonds. The Kier molecular flexibility index (Phi) is 5.59. The summed E-state index contributed by atoms with van der Waals surface area (Å²) in [5, 5.41) is 14.6. The summed E-state index contributed by atoms with van der Waals surface area (Å²) in [5.41, 5.74) is 3.27. The van der Waals surface area contributed by atoms with Crippen molar-refractivity contribution in [2.45, 2.75) is 39.7 Å². The van der Waals surface area contributed by atoms with Gasteiger partial charge in [-0.1, -0.05) is 12.1 Å². The van der Waals surface area contributed by atoms with E-state index in [0.717, 1.165) is 42.2 Å². The molecular formula is C22H25N9O2. The molecule has 5 rings (SSSR count). The Morgan fingerprint density at radius 2 is 2.03 bits per heavy atom. The van der Waals surface area contributed by atoms with Gasteiger partial charge in [-0.15, -0.1) is 0 Å². The van der Waals surface area contributed by atoms with Gasteiger partial charge < -0.3 is 19.5 Å². The standard InChI is InChI=1S/C22H25N9O2/c1-4-14-21(24-8-7-23-14)15-11-17(33-30-15)16-6-9-31(16)22-26-18(12-20(27-22)32-5-2)25-19-10-13(3)28-29-19/h7-8,10-12,16H,4-6,9H2,1-3H3,(H2,25,26,27,28,29). The minimum Gasteiger partial charge on any atom is -0.478 e. The molecule has 1 aliphatic rings. The Morgan fingerprint density at radius 3 is 2.76 bits per heavy atom. The molecule has 170 valence electrons. The van der Waals surface area contributed by atoms with Crippen molar-refractivity contribution in [3.8, 4) is 17.3 Å². The summed E-state index contributed by atoms with van der Waals surface area (Å²) in [4.78, 5) is 20.2. The van der Waals surface area contributed by atoms with E-state index in [0.29, 0.717) is 35.8 Å². The van der Waals surface area contributed by atoms with E-state index in [1.807, 2.05) is 32.9 Å². The molecule has 0 bridgehead atoms. The zero-order valence-corrected chi connectivity index (χ0v) is 18.7. The smallest absolute Gasteiger partial charge is 0.231 e. The van der Waals surface area contributed by atoms with Gasteiger partial charge in [-0.25, -0.2) is 0 Å². The van der Waals surface area contributed by atoms with Gasteiger partial charge in [0.15, 0.2) is 11.6 Å². The molecule has 11 heteroatoms. The lowest BCUT2D eigenvalue weighted by Gasteiger charge is -2.39. The molecule has 11 nitrogen and oxygen atoms in total. The number of hydrogen-bond donors (Lipinski definition) is 2. The zero-order chi connectivity index (χ0) is 22.8. The lowest BCUT2D eigenvalue weighted by molar-refractivity contribution is 0.309. The lowest BCUT2D eigenvalue weighted by atomic mass is 10.0. The normalized spacial score (nSPS) is 15.4. The first-order valence-corrected chi connectivity index (χ1v) is 11.0. The Balaban J connectivity index is 1.41. The van der Waals surface area contributed by atoms with Gasteiger partial charge in [-0.2, -0.15) is 15.1 Å². The highest BCUT2D eigenvalue weighted by Crippen LogP contribution is 2.38. The van der Waals surface area contributed by atoms with Crippen LogP contribution in [0.3, 0.4) is 0 Å². The predicted molar refractivity (Wildman–Crippen MR) is 121 cm³/mol. The van der Waals surface area contributed by atoms with Gasteiger partial charge in [0.25, 0.3) is 0 Å². The molecule has 0 spiro atoms. The maximum Gasteiger partial charge on any atom is 0.231 e. The van der Waals surface area contributed by atoms with E-state index in [9.17, 15) is 0 Å². The molecule has 0 aromatic carbocycles. The van der Waals surface area contributed by atoms with Crippen LogP contribution in [0, 0.1) is 6.92 Å². The zero-order valence-electron chi connectivity index (χ0n) is 18.7. The number of nitrogens with zero attached hydrogens (tertiary/aromatic N) is 7. The molecule has 4 aromatic rings. The number of aromatic amines is 1. The molecule has 1 aliphatic heterocycles. The highest BCUT2D eigenvalue weighted by Gasteiger charge is 2.35. The van der Waals surface area contributed by atoms with Crippen molar-refractivity contribution in [3.63, 3.8) is 0 Å². The highest BCUT2D eigenvalue weighted by molar-refractivity contribution is 5.58. The molecule has 1 unspecified atom stereocenters. The predicted octanol–water partition coefficient (Wildman–Crippen LogP) is 3.61. The van der Waals surface area contributed by atoms with Crippen LogP contribution in [0.5, 0.6) is 5.88 Å². The van der Waals surface area contributed by atoms with Gasteiger partial charge in [0, 0.05) is 42.8 Å². The van der Waals surface area contributed by atoms with Gasteiger partial charge in [-0.05, 0) is 26.7 Å².